The van der Waals surface area contributed by atoms with E-state index < -0.39 is 0 Å². The van der Waals surface area contributed by atoms with Crippen molar-refractivity contribution < 1.29 is 0 Å². The fraction of sp³-hybridized carbons (Fsp3) is 0.400. The van der Waals surface area contributed by atoms with Gasteiger partial charge in [-0.1, -0.05) is 6.07 Å². The zero-order chi connectivity index (χ0) is 13.4. The Labute approximate surface area is 108 Å². The van der Waals surface area contributed by atoms with Crippen molar-refractivity contribution in [2.75, 3.05) is 0 Å². The van der Waals surface area contributed by atoms with Gasteiger partial charge in [-0.25, -0.2) is 0 Å². The number of nitrogens with one attached hydrogen (secondary N) is 1. The van der Waals surface area contributed by atoms with Crippen LogP contribution in [0.4, 0.5) is 0 Å². The van der Waals surface area contributed by atoms with E-state index in [-0.39, 0.29) is 0 Å². The van der Waals surface area contributed by atoms with Crippen LogP contribution < -0.4 is 5.73 Å². The highest BCUT2D eigenvalue weighted by molar-refractivity contribution is 5.73. The number of hydrogen-bond donors (Lipinski definition) is 2. The molecule has 0 saturated carbocycles. The molecule has 0 aliphatic heterocycles. The molecule has 0 spiro atoms. The third kappa shape index (κ3) is 1.85. The lowest BCUT2D eigenvalue weighted by atomic mass is 9.90. The summed E-state index contributed by atoms with van der Waals surface area (Å²) in [5.41, 5.74) is 15.5. The Balaban J connectivity index is 2.78. The van der Waals surface area contributed by atoms with E-state index in [1.54, 1.807) is 0 Å². The maximum Gasteiger partial charge on any atom is 0.0973 e. The third-order valence-electron chi connectivity index (χ3n) is 3.88. The van der Waals surface area contributed by atoms with Gasteiger partial charge in [-0.3, -0.25) is 5.10 Å². The Morgan fingerprint density at radius 3 is 2.11 bits per heavy atom. The number of rotatable bonds is 2. The molecule has 2 rings (SSSR count). The Kier molecular flexibility index (Phi) is 3.26. The second kappa shape index (κ2) is 4.58. The molecule has 0 amide bonds. The topological polar surface area (TPSA) is 54.7 Å². The number of H-pyrrole nitrogens is 1. The van der Waals surface area contributed by atoms with E-state index in [0.717, 1.165) is 17.0 Å². The number of hydrogen-bond acceptors (Lipinski definition) is 2. The van der Waals surface area contributed by atoms with Gasteiger partial charge in [0.25, 0.3) is 0 Å². The van der Waals surface area contributed by atoms with Crippen molar-refractivity contribution in [2.24, 2.45) is 5.73 Å². The van der Waals surface area contributed by atoms with Gasteiger partial charge in [-0.2, -0.15) is 5.10 Å². The number of aromatic nitrogens is 2. The van der Waals surface area contributed by atoms with Gasteiger partial charge in [0, 0.05) is 23.4 Å². The molecule has 1 aromatic carbocycles. The molecule has 0 atom stereocenters. The average Bonchev–Trinajstić information content (AvgIpc) is 2.68. The van der Waals surface area contributed by atoms with Crippen molar-refractivity contribution in [3.05, 3.63) is 39.6 Å². The molecule has 0 radical (unpaired) electrons. The van der Waals surface area contributed by atoms with Gasteiger partial charge in [0.05, 0.1) is 5.69 Å². The van der Waals surface area contributed by atoms with E-state index in [1.165, 1.54) is 27.8 Å². The first-order valence-electron chi connectivity index (χ1n) is 6.29. The zero-order valence-corrected chi connectivity index (χ0v) is 11.8. The Hall–Kier alpha value is -1.61. The largest absolute Gasteiger partial charge is 0.326 e. The van der Waals surface area contributed by atoms with E-state index in [4.69, 9.17) is 5.73 Å². The first kappa shape index (κ1) is 12.8. The standard InChI is InChI=1S/C15H21N3/c1-8-6-9(2)11(4)14(10(8)3)15-13(7-16)12(5)17-18-15/h6H,7,16H2,1-5H3,(H,17,18). The molecular weight excluding hydrogens is 222 g/mol. The molecule has 18 heavy (non-hydrogen) atoms. The first-order chi connectivity index (χ1) is 8.47. The number of aromatic amines is 1. The Bertz CT molecular complexity index is 568. The highest BCUT2D eigenvalue weighted by atomic mass is 15.1. The van der Waals surface area contributed by atoms with Gasteiger partial charge in [0.15, 0.2) is 0 Å². The normalized spacial score (nSPS) is 11.0. The summed E-state index contributed by atoms with van der Waals surface area (Å²) >= 11 is 0. The predicted octanol–water partition coefficient (Wildman–Crippen LogP) is 3.08. The Morgan fingerprint density at radius 1 is 1.06 bits per heavy atom. The molecule has 0 unspecified atom stereocenters. The quantitative estimate of drug-likeness (QED) is 0.851. The van der Waals surface area contributed by atoms with Crippen LogP contribution in [0.3, 0.4) is 0 Å². The lowest BCUT2D eigenvalue weighted by molar-refractivity contribution is 1.02. The van der Waals surface area contributed by atoms with Gasteiger partial charge in [0.1, 0.15) is 0 Å². The van der Waals surface area contributed by atoms with Gasteiger partial charge in [-0.15, -0.1) is 0 Å². The first-order valence-corrected chi connectivity index (χ1v) is 6.29. The summed E-state index contributed by atoms with van der Waals surface area (Å²) in [5, 5.41) is 7.51. The van der Waals surface area contributed by atoms with Crippen LogP contribution in [-0.2, 0) is 6.54 Å². The number of nitrogens with two attached hydrogens (primary N) is 1. The monoisotopic (exact) mass is 243 g/mol. The number of benzene rings is 1. The fourth-order valence-electron chi connectivity index (χ4n) is 2.48. The Morgan fingerprint density at radius 2 is 1.61 bits per heavy atom. The third-order valence-corrected chi connectivity index (χ3v) is 3.88. The smallest absolute Gasteiger partial charge is 0.0973 e. The van der Waals surface area contributed by atoms with Crippen LogP contribution in [0.2, 0.25) is 0 Å². The number of aryl methyl sites for hydroxylation is 3. The summed E-state index contributed by atoms with van der Waals surface area (Å²) in [6.45, 7) is 11.1. The van der Waals surface area contributed by atoms with Crippen LogP contribution in [0.1, 0.15) is 33.5 Å². The summed E-state index contributed by atoms with van der Waals surface area (Å²) in [6.07, 6.45) is 0. The molecule has 3 N–H and O–H groups in total. The van der Waals surface area contributed by atoms with Crippen molar-refractivity contribution in [2.45, 2.75) is 41.2 Å². The van der Waals surface area contributed by atoms with E-state index in [2.05, 4.69) is 44.0 Å². The van der Waals surface area contributed by atoms with E-state index in [9.17, 15) is 0 Å². The maximum atomic E-state index is 5.85. The summed E-state index contributed by atoms with van der Waals surface area (Å²) in [7, 11) is 0. The highest BCUT2D eigenvalue weighted by Crippen LogP contribution is 2.33. The van der Waals surface area contributed by atoms with Gasteiger partial charge >= 0.3 is 0 Å². The minimum Gasteiger partial charge on any atom is -0.326 e. The van der Waals surface area contributed by atoms with E-state index in [1.807, 2.05) is 6.92 Å². The molecule has 0 saturated heterocycles. The van der Waals surface area contributed by atoms with Gasteiger partial charge in [0.2, 0.25) is 0 Å². The minimum absolute atomic E-state index is 0.517. The van der Waals surface area contributed by atoms with E-state index in [0.29, 0.717) is 6.54 Å². The van der Waals surface area contributed by atoms with Gasteiger partial charge < -0.3 is 5.73 Å². The second-order valence-electron chi connectivity index (χ2n) is 5.02. The molecule has 1 heterocycles. The highest BCUT2D eigenvalue weighted by Gasteiger charge is 2.17. The van der Waals surface area contributed by atoms with Crippen molar-refractivity contribution in [3.63, 3.8) is 0 Å². The summed E-state index contributed by atoms with van der Waals surface area (Å²) in [6, 6.07) is 2.23. The second-order valence-corrected chi connectivity index (χ2v) is 5.02. The van der Waals surface area contributed by atoms with E-state index >= 15 is 0 Å². The van der Waals surface area contributed by atoms with Crippen molar-refractivity contribution in [1.29, 1.82) is 0 Å². The molecule has 96 valence electrons. The van der Waals surface area contributed by atoms with Crippen LogP contribution in [0.15, 0.2) is 6.07 Å². The van der Waals surface area contributed by atoms with Crippen molar-refractivity contribution in [1.82, 2.24) is 10.2 Å². The SMILES string of the molecule is Cc1cc(C)c(C)c(-c2n[nH]c(C)c2CN)c1C. The van der Waals surface area contributed by atoms with Gasteiger partial charge in [-0.05, 0) is 56.9 Å². The van der Waals surface area contributed by atoms with Crippen molar-refractivity contribution in [3.8, 4) is 11.3 Å². The van der Waals surface area contributed by atoms with Crippen LogP contribution in [-0.4, -0.2) is 10.2 Å². The van der Waals surface area contributed by atoms with Crippen LogP contribution in [0.5, 0.6) is 0 Å². The predicted molar refractivity (Wildman–Crippen MR) is 75.6 cm³/mol. The molecule has 0 aliphatic rings. The van der Waals surface area contributed by atoms with Crippen LogP contribution >= 0.6 is 0 Å². The molecule has 2 aromatic rings. The molecule has 3 heteroatoms. The molecule has 0 fully saturated rings. The van der Waals surface area contributed by atoms with Crippen LogP contribution in [0.25, 0.3) is 11.3 Å². The summed E-state index contributed by atoms with van der Waals surface area (Å²) in [5.74, 6) is 0. The summed E-state index contributed by atoms with van der Waals surface area (Å²) < 4.78 is 0. The zero-order valence-electron chi connectivity index (χ0n) is 11.8. The minimum atomic E-state index is 0.517. The summed E-state index contributed by atoms with van der Waals surface area (Å²) in [4.78, 5) is 0. The van der Waals surface area contributed by atoms with Crippen molar-refractivity contribution >= 4 is 0 Å². The molecule has 0 bridgehead atoms. The molecule has 1 aromatic heterocycles. The maximum absolute atomic E-state index is 5.85. The lowest BCUT2D eigenvalue weighted by Crippen LogP contribution is -2.02. The average molecular weight is 243 g/mol. The number of nitrogens with zero attached hydrogens (tertiary/aromatic N) is 1. The van der Waals surface area contributed by atoms with Crippen LogP contribution in [0, 0.1) is 34.6 Å². The lowest BCUT2D eigenvalue weighted by Gasteiger charge is -2.14. The fourth-order valence-corrected chi connectivity index (χ4v) is 2.48. The molecular formula is C15H21N3. The molecule has 0 aliphatic carbocycles. The molecule has 3 nitrogen and oxygen atoms in total.